The van der Waals surface area contributed by atoms with Crippen LogP contribution in [0.4, 0.5) is 5.69 Å². The second kappa shape index (κ2) is 4.05. The summed E-state index contributed by atoms with van der Waals surface area (Å²) in [5, 5.41) is 6.65. The Morgan fingerprint density at radius 2 is 2.50 bits per heavy atom. The first-order chi connectivity index (χ1) is 7.66. The van der Waals surface area contributed by atoms with Crippen molar-refractivity contribution in [3.8, 4) is 0 Å². The van der Waals surface area contributed by atoms with Gasteiger partial charge in [-0.25, -0.2) is 4.98 Å². The van der Waals surface area contributed by atoms with Gasteiger partial charge in [-0.15, -0.1) is 0 Å². The van der Waals surface area contributed by atoms with Gasteiger partial charge >= 0.3 is 0 Å². The molecule has 0 saturated carbocycles. The van der Waals surface area contributed by atoms with Crippen LogP contribution in [0.1, 0.15) is 16.2 Å². The maximum atomic E-state index is 11.7. The summed E-state index contributed by atoms with van der Waals surface area (Å²) in [7, 11) is 1.71. The number of hydrogen-bond donors (Lipinski definition) is 3. The number of hydrogen-bond acceptors (Lipinski definition) is 4. The lowest BCUT2D eigenvalue weighted by Gasteiger charge is -2.01. The highest BCUT2D eigenvalue weighted by molar-refractivity contribution is 5.96. The van der Waals surface area contributed by atoms with Crippen LogP contribution in [-0.2, 0) is 13.6 Å². The fraction of sp³-hybridized carbons (Fsp3) is 0.222. The predicted octanol–water partition coefficient (Wildman–Crippen LogP) is -0.345. The molecular weight excluding hydrogens is 208 g/mol. The summed E-state index contributed by atoms with van der Waals surface area (Å²) in [4.78, 5) is 18.4. The van der Waals surface area contributed by atoms with E-state index in [1.54, 1.807) is 25.8 Å². The van der Waals surface area contributed by atoms with Crippen LogP contribution in [0, 0.1) is 0 Å². The first kappa shape index (κ1) is 10.2. The molecule has 84 valence electrons. The molecule has 2 rings (SSSR count). The third-order valence-corrected chi connectivity index (χ3v) is 2.07. The van der Waals surface area contributed by atoms with Crippen LogP contribution in [0.15, 0.2) is 18.7 Å². The summed E-state index contributed by atoms with van der Waals surface area (Å²) < 4.78 is 1.50. The van der Waals surface area contributed by atoms with E-state index in [9.17, 15) is 4.79 Å². The molecule has 0 saturated heterocycles. The van der Waals surface area contributed by atoms with Gasteiger partial charge in [0, 0.05) is 19.4 Å². The van der Waals surface area contributed by atoms with Gasteiger partial charge in [-0.1, -0.05) is 0 Å². The standard InChI is InChI=1S/C9H12N6O/c1-15-4-7(10)8(14-15)9(16)12-3-6-2-11-5-13-6/h2,4-5H,3,10H2,1H3,(H,11,13)(H,12,16). The third-order valence-electron chi connectivity index (χ3n) is 2.07. The number of nitrogens with zero attached hydrogens (tertiary/aromatic N) is 3. The van der Waals surface area contributed by atoms with Crippen molar-refractivity contribution < 1.29 is 4.79 Å². The number of nitrogen functional groups attached to an aromatic ring is 1. The molecule has 2 aromatic rings. The van der Waals surface area contributed by atoms with E-state index in [2.05, 4.69) is 20.4 Å². The fourth-order valence-corrected chi connectivity index (χ4v) is 1.32. The number of carbonyl (C=O) groups excluding carboxylic acids is 1. The van der Waals surface area contributed by atoms with Crippen molar-refractivity contribution in [2.45, 2.75) is 6.54 Å². The molecule has 0 aliphatic heterocycles. The third kappa shape index (κ3) is 2.02. The molecule has 7 heteroatoms. The molecule has 0 spiro atoms. The monoisotopic (exact) mass is 220 g/mol. The summed E-state index contributed by atoms with van der Waals surface area (Å²) in [6.45, 7) is 0.370. The Bertz CT molecular complexity index is 486. The fourth-order valence-electron chi connectivity index (χ4n) is 1.32. The highest BCUT2D eigenvalue weighted by Gasteiger charge is 2.13. The molecule has 0 aromatic carbocycles. The van der Waals surface area contributed by atoms with Gasteiger partial charge in [0.25, 0.3) is 5.91 Å². The Balaban J connectivity index is 2.01. The largest absolute Gasteiger partial charge is 0.396 e. The number of amides is 1. The minimum Gasteiger partial charge on any atom is -0.396 e. The number of nitrogens with one attached hydrogen (secondary N) is 2. The van der Waals surface area contributed by atoms with Crippen LogP contribution in [0.5, 0.6) is 0 Å². The zero-order chi connectivity index (χ0) is 11.5. The summed E-state index contributed by atoms with van der Waals surface area (Å²) >= 11 is 0. The lowest BCUT2D eigenvalue weighted by Crippen LogP contribution is -2.24. The van der Waals surface area contributed by atoms with Gasteiger partial charge in [0.05, 0.1) is 24.3 Å². The molecule has 0 aliphatic rings. The number of aryl methyl sites for hydroxylation is 1. The maximum Gasteiger partial charge on any atom is 0.274 e. The van der Waals surface area contributed by atoms with E-state index < -0.39 is 0 Å². The second-order valence-corrected chi connectivity index (χ2v) is 3.37. The number of aromatic nitrogens is 4. The van der Waals surface area contributed by atoms with Crippen molar-refractivity contribution in [2.75, 3.05) is 5.73 Å². The molecule has 0 radical (unpaired) electrons. The number of nitrogens with two attached hydrogens (primary N) is 1. The van der Waals surface area contributed by atoms with Gasteiger partial charge in [-0.05, 0) is 0 Å². The predicted molar refractivity (Wildman–Crippen MR) is 57.4 cm³/mol. The van der Waals surface area contributed by atoms with Crippen LogP contribution >= 0.6 is 0 Å². The lowest BCUT2D eigenvalue weighted by molar-refractivity contribution is 0.0945. The Morgan fingerprint density at radius 1 is 1.69 bits per heavy atom. The second-order valence-electron chi connectivity index (χ2n) is 3.37. The highest BCUT2D eigenvalue weighted by Crippen LogP contribution is 2.07. The smallest absolute Gasteiger partial charge is 0.274 e. The summed E-state index contributed by atoms with van der Waals surface area (Å²) in [6, 6.07) is 0. The molecule has 0 fully saturated rings. The number of imidazole rings is 1. The highest BCUT2D eigenvalue weighted by atomic mass is 16.2. The minimum absolute atomic E-state index is 0.238. The molecule has 2 aromatic heterocycles. The summed E-state index contributed by atoms with van der Waals surface area (Å²) in [6.07, 6.45) is 4.78. The van der Waals surface area contributed by atoms with Crippen LogP contribution in [0.2, 0.25) is 0 Å². The zero-order valence-electron chi connectivity index (χ0n) is 8.77. The number of rotatable bonds is 3. The maximum absolute atomic E-state index is 11.7. The van der Waals surface area contributed by atoms with E-state index in [-0.39, 0.29) is 11.6 Å². The van der Waals surface area contributed by atoms with Crippen molar-refractivity contribution in [2.24, 2.45) is 7.05 Å². The van der Waals surface area contributed by atoms with Gasteiger partial charge in [0.2, 0.25) is 0 Å². The van der Waals surface area contributed by atoms with Gasteiger partial charge in [-0.2, -0.15) is 5.10 Å². The van der Waals surface area contributed by atoms with Gasteiger partial charge in [-0.3, -0.25) is 9.48 Å². The van der Waals surface area contributed by atoms with Crippen LogP contribution in [0.3, 0.4) is 0 Å². The molecule has 1 amide bonds. The first-order valence-corrected chi connectivity index (χ1v) is 4.71. The van der Waals surface area contributed by atoms with Crippen LogP contribution in [0.25, 0.3) is 0 Å². The average molecular weight is 220 g/mol. The van der Waals surface area contributed by atoms with Gasteiger partial charge in [0.1, 0.15) is 0 Å². The summed E-state index contributed by atoms with van der Waals surface area (Å²) in [5.74, 6) is -0.298. The van der Waals surface area contributed by atoms with Gasteiger partial charge in [0.15, 0.2) is 5.69 Å². The first-order valence-electron chi connectivity index (χ1n) is 4.71. The average Bonchev–Trinajstić information content (AvgIpc) is 2.84. The normalized spacial score (nSPS) is 10.3. The molecule has 0 aliphatic carbocycles. The number of aromatic amines is 1. The van der Waals surface area contributed by atoms with Crippen molar-refractivity contribution in [3.63, 3.8) is 0 Å². The molecule has 0 atom stereocenters. The Kier molecular flexibility index (Phi) is 2.59. The Labute approximate surface area is 91.7 Å². The van der Waals surface area contributed by atoms with Crippen molar-refractivity contribution in [1.29, 1.82) is 0 Å². The van der Waals surface area contributed by atoms with E-state index in [0.29, 0.717) is 12.2 Å². The topological polar surface area (TPSA) is 102 Å². The number of anilines is 1. The van der Waals surface area contributed by atoms with E-state index in [4.69, 9.17) is 5.73 Å². The number of H-pyrrole nitrogens is 1. The molecule has 0 bridgehead atoms. The lowest BCUT2D eigenvalue weighted by atomic mass is 10.3. The van der Waals surface area contributed by atoms with E-state index >= 15 is 0 Å². The SMILES string of the molecule is Cn1cc(N)c(C(=O)NCc2cnc[nH]2)n1. The molecule has 2 heterocycles. The Hall–Kier alpha value is -2.31. The van der Waals surface area contributed by atoms with E-state index in [1.165, 1.54) is 4.68 Å². The van der Waals surface area contributed by atoms with Crippen LogP contribution in [-0.4, -0.2) is 25.7 Å². The quantitative estimate of drug-likeness (QED) is 0.658. The van der Waals surface area contributed by atoms with E-state index in [0.717, 1.165) is 5.69 Å². The molecular formula is C9H12N6O. The molecule has 16 heavy (non-hydrogen) atoms. The Morgan fingerprint density at radius 3 is 3.06 bits per heavy atom. The molecule has 7 nitrogen and oxygen atoms in total. The summed E-state index contributed by atoms with van der Waals surface area (Å²) in [5.41, 5.74) is 7.05. The molecule has 4 N–H and O–H groups in total. The van der Waals surface area contributed by atoms with E-state index in [1.807, 2.05) is 0 Å². The van der Waals surface area contributed by atoms with Crippen molar-refractivity contribution >= 4 is 11.6 Å². The molecule has 0 unspecified atom stereocenters. The van der Waals surface area contributed by atoms with Gasteiger partial charge < -0.3 is 16.0 Å². The van der Waals surface area contributed by atoms with Crippen molar-refractivity contribution in [1.82, 2.24) is 25.1 Å². The zero-order valence-corrected chi connectivity index (χ0v) is 8.77. The van der Waals surface area contributed by atoms with Crippen LogP contribution < -0.4 is 11.1 Å². The number of carbonyl (C=O) groups is 1. The minimum atomic E-state index is -0.298. The van der Waals surface area contributed by atoms with Crippen molar-refractivity contribution in [3.05, 3.63) is 30.1 Å².